The summed E-state index contributed by atoms with van der Waals surface area (Å²) < 4.78 is 13.4. The quantitative estimate of drug-likeness (QED) is 0.562. The lowest BCUT2D eigenvalue weighted by molar-refractivity contribution is -0.126. The van der Waals surface area contributed by atoms with E-state index in [-0.39, 0.29) is 5.91 Å². The Morgan fingerprint density at radius 1 is 0.879 bits per heavy atom. The zero-order valence-corrected chi connectivity index (χ0v) is 18.6. The standard InChI is InChI=1S/C26H24FN3O3/c1-16-6-4-5-7-21(16)30-23(17-8-12-19(13-9-17)28(2)3)22-24(33-30)26(32)29(25(22)31)20-14-10-18(27)11-15-20/h4-15,22-24H,1-3H3/t22-,23-,24-/m0/s1. The lowest BCUT2D eigenvalue weighted by Gasteiger charge is -2.30. The van der Waals surface area contributed by atoms with E-state index in [1.54, 1.807) is 5.06 Å². The number of para-hydroxylation sites is 1. The molecule has 0 bridgehead atoms. The smallest absolute Gasteiger partial charge is 0.266 e. The maximum Gasteiger partial charge on any atom is 0.266 e. The van der Waals surface area contributed by atoms with Crippen molar-refractivity contribution >= 4 is 28.9 Å². The monoisotopic (exact) mass is 445 g/mol. The van der Waals surface area contributed by atoms with E-state index in [9.17, 15) is 14.0 Å². The molecule has 0 N–H and O–H groups in total. The number of carbonyl (C=O) groups excluding carboxylic acids is 2. The Kier molecular flexibility index (Phi) is 5.13. The van der Waals surface area contributed by atoms with Gasteiger partial charge in [0.2, 0.25) is 5.91 Å². The van der Waals surface area contributed by atoms with Gasteiger partial charge in [-0.1, -0.05) is 30.3 Å². The molecule has 2 amide bonds. The van der Waals surface area contributed by atoms with Crippen LogP contribution >= 0.6 is 0 Å². The van der Waals surface area contributed by atoms with Gasteiger partial charge in [0.1, 0.15) is 11.7 Å². The molecule has 2 saturated heterocycles. The van der Waals surface area contributed by atoms with E-state index in [2.05, 4.69) is 0 Å². The van der Waals surface area contributed by atoms with E-state index < -0.39 is 29.8 Å². The average molecular weight is 445 g/mol. The lowest BCUT2D eigenvalue weighted by atomic mass is 9.90. The SMILES string of the molecule is Cc1ccccc1N1O[C@@H]2C(=O)N(c3ccc(F)cc3)C(=O)[C@H]2[C@@H]1c1ccc(N(C)C)cc1. The second-order valence-electron chi connectivity index (χ2n) is 8.58. The summed E-state index contributed by atoms with van der Waals surface area (Å²) in [7, 11) is 3.92. The van der Waals surface area contributed by atoms with Gasteiger partial charge in [-0.3, -0.25) is 14.4 Å². The summed E-state index contributed by atoms with van der Waals surface area (Å²) in [5, 5.41) is 1.70. The topological polar surface area (TPSA) is 53.1 Å². The Morgan fingerprint density at radius 3 is 2.18 bits per heavy atom. The number of carbonyl (C=O) groups is 2. The van der Waals surface area contributed by atoms with Crippen molar-refractivity contribution < 1.29 is 18.8 Å². The highest BCUT2D eigenvalue weighted by Gasteiger charge is 2.60. The zero-order chi connectivity index (χ0) is 23.3. The predicted molar refractivity (Wildman–Crippen MR) is 124 cm³/mol. The number of anilines is 3. The van der Waals surface area contributed by atoms with Gasteiger partial charge < -0.3 is 4.90 Å². The third kappa shape index (κ3) is 3.45. The van der Waals surface area contributed by atoms with Crippen LogP contribution in [0.15, 0.2) is 72.8 Å². The van der Waals surface area contributed by atoms with Crippen LogP contribution in [0, 0.1) is 18.7 Å². The molecule has 0 unspecified atom stereocenters. The summed E-state index contributed by atoms with van der Waals surface area (Å²) >= 11 is 0. The first-order valence-electron chi connectivity index (χ1n) is 10.8. The molecule has 6 nitrogen and oxygen atoms in total. The average Bonchev–Trinajstić information content (AvgIpc) is 3.31. The summed E-state index contributed by atoms with van der Waals surface area (Å²) in [6, 6.07) is 20.5. The molecule has 0 saturated carbocycles. The summed E-state index contributed by atoms with van der Waals surface area (Å²) in [6.45, 7) is 1.97. The first-order valence-corrected chi connectivity index (χ1v) is 10.8. The molecule has 3 aromatic carbocycles. The number of amides is 2. The predicted octanol–water partition coefficient (Wildman–Crippen LogP) is 4.25. The van der Waals surface area contributed by atoms with Crippen molar-refractivity contribution in [1.82, 2.24) is 0 Å². The molecule has 2 aliphatic rings. The molecule has 2 aliphatic heterocycles. The van der Waals surface area contributed by atoms with Gasteiger partial charge in [-0.25, -0.2) is 14.4 Å². The summed E-state index contributed by atoms with van der Waals surface area (Å²) in [4.78, 5) is 36.2. The number of hydrogen-bond donors (Lipinski definition) is 0. The number of benzene rings is 3. The third-order valence-electron chi connectivity index (χ3n) is 6.30. The number of hydroxylamine groups is 1. The Hall–Kier alpha value is -3.71. The number of imide groups is 1. The van der Waals surface area contributed by atoms with Crippen molar-refractivity contribution in [3.8, 4) is 0 Å². The second-order valence-corrected chi connectivity index (χ2v) is 8.58. The molecule has 0 aromatic heterocycles. The molecule has 2 heterocycles. The fourth-order valence-electron chi connectivity index (χ4n) is 4.59. The molecule has 168 valence electrons. The minimum Gasteiger partial charge on any atom is -0.378 e. The van der Waals surface area contributed by atoms with Gasteiger partial charge in [0.05, 0.1) is 17.4 Å². The Labute approximate surface area is 191 Å². The van der Waals surface area contributed by atoms with Crippen LogP contribution < -0.4 is 14.9 Å². The van der Waals surface area contributed by atoms with Crippen molar-refractivity contribution in [3.05, 3.63) is 89.7 Å². The van der Waals surface area contributed by atoms with E-state index in [0.29, 0.717) is 5.69 Å². The highest BCUT2D eigenvalue weighted by Crippen LogP contribution is 2.48. The van der Waals surface area contributed by atoms with E-state index in [1.165, 1.54) is 24.3 Å². The number of halogens is 1. The van der Waals surface area contributed by atoms with Crippen molar-refractivity contribution in [2.24, 2.45) is 5.92 Å². The van der Waals surface area contributed by atoms with E-state index in [0.717, 1.165) is 27.4 Å². The maximum absolute atomic E-state index is 13.6. The van der Waals surface area contributed by atoms with E-state index in [1.807, 2.05) is 74.4 Å². The van der Waals surface area contributed by atoms with Crippen LogP contribution in [-0.2, 0) is 14.4 Å². The Balaban J connectivity index is 1.58. The highest BCUT2D eigenvalue weighted by atomic mass is 19.1. The lowest BCUT2D eigenvalue weighted by Crippen LogP contribution is -2.37. The summed E-state index contributed by atoms with van der Waals surface area (Å²) in [5.41, 5.74) is 4.02. The van der Waals surface area contributed by atoms with Crippen LogP contribution in [0.2, 0.25) is 0 Å². The van der Waals surface area contributed by atoms with Crippen molar-refractivity contribution in [2.45, 2.75) is 19.1 Å². The van der Waals surface area contributed by atoms with Crippen molar-refractivity contribution in [3.63, 3.8) is 0 Å². The van der Waals surface area contributed by atoms with Gasteiger partial charge in [-0.15, -0.1) is 0 Å². The first kappa shape index (κ1) is 21.2. The first-order chi connectivity index (χ1) is 15.9. The van der Waals surface area contributed by atoms with Crippen molar-refractivity contribution in [2.75, 3.05) is 29.0 Å². The van der Waals surface area contributed by atoms with E-state index >= 15 is 0 Å². The molecule has 7 heteroatoms. The fourth-order valence-corrected chi connectivity index (χ4v) is 4.59. The van der Waals surface area contributed by atoms with Gasteiger partial charge in [0.25, 0.3) is 5.91 Å². The largest absolute Gasteiger partial charge is 0.378 e. The number of hydrogen-bond acceptors (Lipinski definition) is 5. The van der Waals surface area contributed by atoms with E-state index in [4.69, 9.17) is 4.84 Å². The molecule has 3 atom stereocenters. The van der Waals surface area contributed by atoms with Crippen LogP contribution in [0.5, 0.6) is 0 Å². The molecule has 33 heavy (non-hydrogen) atoms. The van der Waals surface area contributed by atoms with Gasteiger partial charge in [0.15, 0.2) is 6.10 Å². The normalized spacial score (nSPS) is 22.1. The maximum atomic E-state index is 13.6. The summed E-state index contributed by atoms with van der Waals surface area (Å²) in [6.07, 6.45) is -0.958. The number of rotatable bonds is 4. The second kappa shape index (κ2) is 8.01. The Morgan fingerprint density at radius 2 is 1.55 bits per heavy atom. The molecular formula is C26H24FN3O3. The number of aryl methyl sites for hydroxylation is 1. The number of fused-ring (bicyclic) bond motifs is 1. The van der Waals surface area contributed by atoms with Crippen LogP contribution in [0.4, 0.5) is 21.5 Å². The summed E-state index contributed by atoms with van der Waals surface area (Å²) in [5.74, 6) is -1.96. The molecule has 0 aliphatic carbocycles. The molecule has 0 radical (unpaired) electrons. The van der Waals surface area contributed by atoms with Crippen LogP contribution in [0.3, 0.4) is 0 Å². The molecule has 0 spiro atoms. The van der Waals surface area contributed by atoms with Gasteiger partial charge in [-0.05, 0) is 60.5 Å². The minimum absolute atomic E-state index is 0.341. The highest BCUT2D eigenvalue weighted by molar-refractivity contribution is 6.23. The van der Waals surface area contributed by atoms with Crippen LogP contribution in [0.25, 0.3) is 0 Å². The molecular weight excluding hydrogens is 421 g/mol. The molecule has 3 aromatic rings. The van der Waals surface area contributed by atoms with Gasteiger partial charge in [-0.2, -0.15) is 0 Å². The fraction of sp³-hybridized carbons (Fsp3) is 0.231. The molecule has 5 rings (SSSR count). The molecule has 2 fully saturated rings. The number of nitrogens with zero attached hydrogens (tertiary/aromatic N) is 3. The third-order valence-corrected chi connectivity index (χ3v) is 6.30. The van der Waals surface area contributed by atoms with Crippen LogP contribution in [0.1, 0.15) is 17.2 Å². The Bertz CT molecular complexity index is 1210. The van der Waals surface area contributed by atoms with Crippen molar-refractivity contribution in [1.29, 1.82) is 0 Å². The minimum atomic E-state index is -0.958. The van der Waals surface area contributed by atoms with Crippen LogP contribution in [-0.4, -0.2) is 32.0 Å². The zero-order valence-electron chi connectivity index (χ0n) is 18.6. The van der Waals surface area contributed by atoms with Gasteiger partial charge in [0, 0.05) is 19.8 Å². The van der Waals surface area contributed by atoms with Gasteiger partial charge >= 0.3 is 0 Å².